The van der Waals surface area contributed by atoms with Gasteiger partial charge in [-0.05, 0) is 40.8 Å². The van der Waals surface area contributed by atoms with Crippen molar-refractivity contribution in [1.29, 1.82) is 0 Å². The highest BCUT2D eigenvalue weighted by Gasteiger charge is 2.41. The quantitative estimate of drug-likeness (QED) is 0.611. The largest absolute Gasteiger partial charge is 0.496 e. The second kappa shape index (κ2) is 6.34. The van der Waals surface area contributed by atoms with Crippen LogP contribution >= 0.6 is 0 Å². The molecule has 3 aromatic carbocycles. The molecule has 3 heteroatoms. The van der Waals surface area contributed by atoms with Gasteiger partial charge in [-0.3, -0.25) is 0 Å². The smallest absolute Gasteiger partial charge is 0.142 e. The Balaban J connectivity index is 1.71. The van der Waals surface area contributed by atoms with Crippen molar-refractivity contribution in [1.82, 2.24) is 0 Å². The molecule has 3 atom stereocenters. The van der Waals surface area contributed by atoms with E-state index < -0.39 is 0 Å². The molecular weight excluding hydrogens is 334 g/mol. The first kappa shape index (κ1) is 16.2. The summed E-state index contributed by atoms with van der Waals surface area (Å²) in [5, 5.41) is 6.42. The number of benzene rings is 3. The molecule has 0 bridgehead atoms. The number of ether oxygens (including phenoxy) is 2. The van der Waals surface area contributed by atoms with Gasteiger partial charge in [0.25, 0.3) is 0 Å². The lowest BCUT2D eigenvalue weighted by molar-refractivity contribution is 0.371. The van der Waals surface area contributed by atoms with Crippen LogP contribution in [0, 0.1) is 5.92 Å². The zero-order valence-electron chi connectivity index (χ0n) is 15.6. The number of fused-ring (bicyclic) bond motifs is 4. The van der Waals surface area contributed by atoms with Crippen molar-refractivity contribution in [2.45, 2.75) is 18.4 Å². The molecule has 1 aliphatic heterocycles. The highest BCUT2D eigenvalue weighted by molar-refractivity contribution is 5.87. The van der Waals surface area contributed by atoms with E-state index in [1.165, 1.54) is 21.9 Å². The third-order valence-electron chi connectivity index (χ3n) is 6.04. The van der Waals surface area contributed by atoms with E-state index in [2.05, 4.69) is 59.9 Å². The van der Waals surface area contributed by atoms with Gasteiger partial charge in [-0.15, -0.1) is 0 Å². The standard InChI is InChI=1S/C24H23NO2/c1-26-20-13-14-21(27-2)24-22(20)17-10-6-12-19(17)23(25-24)18-11-5-8-15-7-3-4-9-16(15)18/h3-11,13-14,17,19,23,25H,12H2,1-2H3/t17-,19+,23+/m1/s1. The van der Waals surface area contributed by atoms with Crippen LogP contribution in [-0.2, 0) is 0 Å². The van der Waals surface area contributed by atoms with Crippen molar-refractivity contribution in [2.24, 2.45) is 5.92 Å². The van der Waals surface area contributed by atoms with Crippen LogP contribution in [0.15, 0.2) is 66.7 Å². The van der Waals surface area contributed by atoms with Crippen molar-refractivity contribution in [3.05, 3.63) is 77.9 Å². The minimum atomic E-state index is 0.226. The van der Waals surface area contributed by atoms with E-state index in [1.807, 2.05) is 12.1 Å². The summed E-state index contributed by atoms with van der Waals surface area (Å²) in [4.78, 5) is 0. The summed E-state index contributed by atoms with van der Waals surface area (Å²) in [5.41, 5.74) is 3.62. The average molecular weight is 357 g/mol. The van der Waals surface area contributed by atoms with Crippen LogP contribution in [0.5, 0.6) is 11.5 Å². The lowest BCUT2D eigenvalue weighted by atomic mass is 9.75. The number of hydrogen-bond acceptors (Lipinski definition) is 3. The first-order valence-electron chi connectivity index (χ1n) is 9.47. The minimum absolute atomic E-state index is 0.226. The molecule has 27 heavy (non-hydrogen) atoms. The lowest BCUT2D eigenvalue weighted by Crippen LogP contribution is -2.30. The number of rotatable bonds is 3. The summed E-state index contributed by atoms with van der Waals surface area (Å²) in [6, 6.07) is 19.5. The maximum absolute atomic E-state index is 5.70. The molecule has 1 aliphatic carbocycles. The molecule has 5 rings (SSSR count). The summed E-state index contributed by atoms with van der Waals surface area (Å²) in [6.45, 7) is 0. The first-order valence-corrected chi connectivity index (χ1v) is 9.47. The van der Waals surface area contributed by atoms with Gasteiger partial charge < -0.3 is 14.8 Å². The van der Waals surface area contributed by atoms with Crippen molar-refractivity contribution in [3.8, 4) is 11.5 Å². The summed E-state index contributed by atoms with van der Waals surface area (Å²) in [6.07, 6.45) is 5.71. The summed E-state index contributed by atoms with van der Waals surface area (Å²) >= 11 is 0. The molecule has 0 fully saturated rings. The fourth-order valence-corrected chi connectivity index (χ4v) is 4.83. The summed E-state index contributed by atoms with van der Waals surface area (Å²) in [7, 11) is 3.47. The average Bonchev–Trinajstić information content (AvgIpc) is 3.22. The van der Waals surface area contributed by atoms with Gasteiger partial charge in [-0.1, -0.05) is 54.6 Å². The topological polar surface area (TPSA) is 30.5 Å². The van der Waals surface area contributed by atoms with E-state index in [-0.39, 0.29) is 6.04 Å². The molecule has 0 saturated carbocycles. The molecule has 1 heterocycles. The van der Waals surface area contributed by atoms with Gasteiger partial charge in [0.2, 0.25) is 0 Å². The molecule has 1 N–H and O–H groups in total. The molecule has 0 unspecified atom stereocenters. The molecule has 0 radical (unpaired) electrons. The van der Waals surface area contributed by atoms with Crippen molar-refractivity contribution >= 4 is 16.5 Å². The van der Waals surface area contributed by atoms with Gasteiger partial charge >= 0.3 is 0 Å². The van der Waals surface area contributed by atoms with Crippen molar-refractivity contribution in [2.75, 3.05) is 19.5 Å². The Hall–Kier alpha value is -2.94. The molecule has 3 nitrogen and oxygen atoms in total. The molecule has 0 spiro atoms. The third-order valence-corrected chi connectivity index (χ3v) is 6.04. The number of allylic oxidation sites excluding steroid dienone is 2. The maximum Gasteiger partial charge on any atom is 0.142 e. The number of anilines is 1. The SMILES string of the molecule is COc1ccc(OC)c2c1N[C@@H](c1cccc3ccccc13)[C@H]1CC=C[C@@H]21. The Kier molecular flexibility index (Phi) is 3.82. The van der Waals surface area contributed by atoms with Gasteiger partial charge in [0.05, 0.1) is 25.9 Å². The van der Waals surface area contributed by atoms with Gasteiger partial charge in [-0.25, -0.2) is 0 Å². The highest BCUT2D eigenvalue weighted by Crippen LogP contribution is 2.55. The molecule has 0 saturated heterocycles. The predicted molar refractivity (Wildman–Crippen MR) is 110 cm³/mol. The Morgan fingerprint density at radius 1 is 0.889 bits per heavy atom. The third kappa shape index (κ3) is 2.42. The Morgan fingerprint density at radius 2 is 1.67 bits per heavy atom. The fourth-order valence-electron chi connectivity index (χ4n) is 4.83. The Labute approximate surface area is 159 Å². The first-order chi connectivity index (χ1) is 13.3. The van der Waals surface area contributed by atoms with Crippen LogP contribution in [0.4, 0.5) is 5.69 Å². The van der Waals surface area contributed by atoms with E-state index in [9.17, 15) is 0 Å². The molecule has 3 aromatic rings. The van der Waals surface area contributed by atoms with E-state index in [1.54, 1.807) is 14.2 Å². The van der Waals surface area contributed by atoms with Crippen LogP contribution in [0.2, 0.25) is 0 Å². The van der Waals surface area contributed by atoms with E-state index in [0.29, 0.717) is 11.8 Å². The van der Waals surface area contributed by atoms with Crippen LogP contribution in [0.3, 0.4) is 0 Å². The number of hydrogen-bond donors (Lipinski definition) is 1. The normalized spacial score (nSPS) is 22.8. The second-order valence-electron chi connectivity index (χ2n) is 7.30. The van der Waals surface area contributed by atoms with Crippen molar-refractivity contribution in [3.63, 3.8) is 0 Å². The lowest BCUT2D eigenvalue weighted by Gasteiger charge is -2.39. The van der Waals surface area contributed by atoms with E-state index >= 15 is 0 Å². The molecule has 2 aliphatic rings. The van der Waals surface area contributed by atoms with Crippen LogP contribution in [0.1, 0.15) is 29.5 Å². The zero-order valence-corrected chi connectivity index (χ0v) is 15.6. The van der Waals surface area contributed by atoms with Crippen LogP contribution < -0.4 is 14.8 Å². The Bertz CT molecular complexity index is 1030. The highest BCUT2D eigenvalue weighted by atomic mass is 16.5. The van der Waals surface area contributed by atoms with Gasteiger partial charge in [-0.2, -0.15) is 0 Å². The van der Waals surface area contributed by atoms with Crippen LogP contribution in [0.25, 0.3) is 10.8 Å². The Morgan fingerprint density at radius 3 is 2.52 bits per heavy atom. The fraction of sp³-hybridized carbons (Fsp3) is 0.250. The molecule has 0 amide bonds. The summed E-state index contributed by atoms with van der Waals surface area (Å²) in [5.74, 6) is 2.59. The number of nitrogens with one attached hydrogen (secondary N) is 1. The summed E-state index contributed by atoms with van der Waals surface area (Å²) < 4.78 is 11.4. The molecular formula is C24H23NO2. The van der Waals surface area contributed by atoms with E-state index in [0.717, 1.165) is 23.6 Å². The minimum Gasteiger partial charge on any atom is -0.496 e. The monoisotopic (exact) mass is 357 g/mol. The van der Waals surface area contributed by atoms with Gasteiger partial charge in [0, 0.05) is 11.5 Å². The maximum atomic E-state index is 5.70. The van der Waals surface area contributed by atoms with Gasteiger partial charge in [0.15, 0.2) is 0 Å². The molecule has 0 aromatic heterocycles. The van der Waals surface area contributed by atoms with Crippen molar-refractivity contribution < 1.29 is 9.47 Å². The second-order valence-corrected chi connectivity index (χ2v) is 7.30. The van der Waals surface area contributed by atoms with Gasteiger partial charge in [0.1, 0.15) is 11.5 Å². The van der Waals surface area contributed by atoms with E-state index in [4.69, 9.17) is 9.47 Å². The predicted octanol–water partition coefficient (Wildman–Crippen LogP) is 5.68. The van der Waals surface area contributed by atoms with Crippen LogP contribution in [-0.4, -0.2) is 14.2 Å². The molecule has 136 valence electrons. The number of methoxy groups -OCH3 is 2. The zero-order chi connectivity index (χ0) is 18.4.